The molecule has 0 aromatic heterocycles. The molecule has 0 saturated carbocycles. The van der Waals surface area contributed by atoms with E-state index in [2.05, 4.69) is 13.8 Å². The second-order valence-corrected chi connectivity index (χ2v) is 1.71. The van der Waals surface area contributed by atoms with Gasteiger partial charge in [0, 0.05) is 0 Å². The van der Waals surface area contributed by atoms with Gasteiger partial charge in [-0.15, -0.1) is 0 Å². The Labute approximate surface area is 61.6 Å². The minimum absolute atomic E-state index is 1.36. The van der Waals surface area contributed by atoms with E-state index in [0.29, 0.717) is 0 Å². The molecular formula is C6H18O4. The Bertz CT molecular complexity index is 21.7. The molecule has 0 heterocycles. The van der Waals surface area contributed by atoms with Gasteiger partial charge in [0.15, 0.2) is 0 Å². The standard InChI is InChI=1S/C6H14.2H2O2/c1-3-5-6-4-2;2*1-2/h3-6H2,1-2H3;2*1-2H. The Hall–Kier alpha value is -0.160. The second-order valence-electron chi connectivity index (χ2n) is 1.71. The molecule has 4 nitrogen and oxygen atoms in total. The lowest BCUT2D eigenvalue weighted by atomic mass is 10.2. The quantitative estimate of drug-likeness (QED) is 0.286. The molecule has 0 aliphatic carbocycles. The third-order valence-electron chi connectivity index (χ3n) is 0.957. The van der Waals surface area contributed by atoms with E-state index in [-0.39, 0.29) is 0 Å². The summed E-state index contributed by atoms with van der Waals surface area (Å²) in [5.41, 5.74) is 0. The minimum atomic E-state index is 1.36. The molecule has 0 atom stereocenters. The molecule has 0 aromatic carbocycles. The summed E-state index contributed by atoms with van der Waals surface area (Å²) in [5, 5.41) is 24.0. The largest absolute Gasteiger partial charge is 0.255 e. The highest BCUT2D eigenvalue weighted by molar-refractivity contribution is 4.31. The van der Waals surface area contributed by atoms with E-state index in [1.807, 2.05) is 0 Å². The van der Waals surface area contributed by atoms with Crippen LogP contribution in [-0.4, -0.2) is 21.0 Å². The van der Waals surface area contributed by atoms with Crippen LogP contribution in [0.15, 0.2) is 0 Å². The molecule has 0 aliphatic heterocycles. The van der Waals surface area contributed by atoms with Gasteiger partial charge in [0.25, 0.3) is 0 Å². The summed E-state index contributed by atoms with van der Waals surface area (Å²) in [5.74, 6) is 0. The van der Waals surface area contributed by atoms with Crippen molar-refractivity contribution in [1.29, 1.82) is 0 Å². The Balaban J connectivity index is -0.000000105. The van der Waals surface area contributed by atoms with Crippen LogP contribution in [0.5, 0.6) is 0 Å². The maximum absolute atomic E-state index is 6.00. The molecule has 4 heteroatoms. The van der Waals surface area contributed by atoms with Gasteiger partial charge in [-0.1, -0.05) is 39.5 Å². The highest BCUT2D eigenvalue weighted by Gasteiger charge is 1.75. The van der Waals surface area contributed by atoms with Crippen LogP contribution in [0, 0.1) is 0 Å². The number of hydrogen-bond acceptors (Lipinski definition) is 4. The summed E-state index contributed by atoms with van der Waals surface area (Å²) < 4.78 is 0. The predicted molar refractivity (Wildman–Crippen MR) is 40.3 cm³/mol. The van der Waals surface area contributed by atoms with Gasteiger partial charge in [-0.2, -0.15) is 0 Å². The van der Waals surface area contributed by atoms with Gasteiger partial charge < -0.3 is 0 Å². The zero-order valence-electron chi connectivity index (χ0n) is 6.62. The first-order valence-electron chi connectivity index (χ1n) is 3.31. The van der Waals surface area contributed by atoms with Crippen molar-refractivity contribution >= 4 is 0 Å². The van der Waals surface area contributed by atoms with E-state index in [4.69, 9.17) is 21.0 Å². The van der Waals surface area contributed by atoms with Gasteiger partial charge in [0.1, 0.15) is 0 Å². The molecular weight excluding hydrogens is 136 g/mol. The second kappa shape index (κ2) is 36.8. The molecule has 0 rings (SSSR count). The van der Waals surface area contributed by atoms with E-state index in [9.17, 15) is 0 Å². The summed E-state index contributed by atoms with van der Waals surface area (Å²) in [6.45, 7) is 4.46. The molecule has 4 N–H and O–H groups in total. The predicted octanol–water partition coefficient (Wildman–Crippen LogP) is 2.62. The lowest BCUT2D eigenvalue weighted by Crippen LogP contribution is -1.66. The Morgan fingerprint density at radius 2 is 0.900 bits per heavy atom. The zero-order chi connectivity index (χ0) is 8.83. The Morgan fingerprint density at radius 3 is 1.00 bits per heavy atom. The van der Waals surface area contributed by atoms with Crippen molar-refractivity contribution < 1.29 is 21.0 Å². The molecule has 0 bridgehead atoms. The third-order valence-corrected chi connectivity index (χ3v) is 0.957. The van der Waals surface area contributed by atoms with Crippen LogP contribution in [0.25, 0.3) is 0 Å². The minimum Gasteiger partial charge on any atom is -0.255 e. The topological polar surface area (TPSA) is 80.9 Å². The van der Waals surface area contributed by atoms with Gasteiger partial charge in [-0.3, -0.25) is 21.0 Å². The molecule has 66 valence electrons. The lowest BCUT2D eigenvalue weighted by Gasteiger charge is -1.86. The highest BCUT2D eigenvalue weighted by atomic mass is 17.0. The maximum Gasteiger partial charge on any atom is -0.0536 e. The number of rotatable bonds is 3. The molecule has 0 amide bonds. The maximum atomic E-state index is 6.00. The van der Waals surface area contributed by atoms with Crippen LogP contribution in [0.3, 0.4) is 0 Å². The van der Waals surface area contributed by atoms with E-state index in [1.165, 1.54) is 25.7 Å². The normalized spacial score (nSPS) is 6.60. The summed E-state index contributed by atoms with van der Waals surface area (Å²) in [7, 11) is 0. The zero-order valence-corrected chi connectivity index (χ0v) is 6.62. The Morgan fingerprint density at radius 1 is 0.700 bits per heavy atom. The average molecular weight is 154 g/mol. The first-order valence-corrected chi connectivity index (χ1v) is 3.31. The number of hydrogen-bond donors (Lipinski definition) is 4. The van der Waals surface area contributed by atoms with Gasteiger partial charge in [-0.25, -0.2) is 0 Å². The van der Waals surface area contributed by atoms with Gasteiger partial charge in [-0.05, 0) is 0 Å². The van der Waals surface area contributed by atoms with Crippen molar-refractivity contribution in [1.82, 2.24) is 0 Å². The van der Waals surface area contributed by atoms with Gasteiger partial charge in [0.2, 0.25) is 0 Å². The highest BCUT2D eigenvalue weighted by Crippen LogP contribution is 1.95. The fourth-order valence-electron chi connectivity index (χ4n) is 0.500. The first-order chi connectivity index (χ1) is 4.91. The molecule has 0 aliphatic rings. The number of unbranched alkanes of at least 4 members (excludes halogenated alkanes) is 3. The summed E-state index contributed by atoms with van der Waals surface area (Å²) in [6.07, 6.45) is 5.54. The van der Waals surface area contributed by atoms with Crippen LogP contribution < -0.4 is 0 Å². The monoisotopic (exact) mass is 154 g/mol. The molecule has 0 spiro atoms. The van der Waals surface area contributed by atoms with E-state index in [1.54, 1.807) is 0 Å². The van der Waals surface area contributed by atoms with Gasteiger partial charge in [0.05, 0.1) is 0 Å². The third kappa shape index (κ3) is 45.5. The lowest BCUT2D eigenvalue weighted by molar-refractivity contribution is -0.176. The van der Waals surface area contributed by atoms with Crippen LogP contribution >= 0.6 is 0 Å². The van der Waals surface area contributed by atoms with E-state index >= 15 is 0 Å². The van der Waals surface area contributed by atoms with Crippen molar-refractivity contribution in [3.63, 3.8) is 0 Å². The fourth-order valence-corrected chi connectivity index (χ4v) is 0.500. The summed E-state index contributed by atoms with van der Waals surface area (Å²) in [4.78, 5) is 0. The van der Waals surface area contributed by atoms with Crippen molar-refractivity contribution in [2.75, 3.05) is 0 Å². The summed E-state index contributed by atoms with van der Waals surface area (Å²) in [6, 6.07) is 0. The molecule has 10 heavy (non-hydrogen) atoms. The van der Waals surface area contributed by atoms with Crippen molar-refractivity contribution in [2.45, 2.75) is 39.5 Å². The van der Waals surface area contributed by atoms with E-state index < -0.39 is 0 Å². The van der Waals surface area contributed by atoms with Crippen LogP contribution in [0.2, 0.25) is 0 Å². The molecule has 0 aromatic rings. The van der Waals surface area contributed by atoms with Crippen molar-refractivity contribution in [3.8, 4) is 0 Å². The van der Waals surface area contributed by atoms with Crippen molar-refractivity contribution in [2.24, 2.45) is 0 Å². The molecule has 0 fully saturated rings. The SMILES string of the molecule is CCCCCC.OO.OO. The molecule has 0 radical (unpaired) electrons. The molecule has 0 unspecified atom stereocenters. The first kappa shape index (κ1) is 16.4. The van der Waals surface area contributed by atoms with Crippen LogP contribution in [-0.2, 0) is 0 Å². The average Bonchev–Trinajstić information content (AvgIpc) is 2.08. The molecule has 0 saturated heterocycles. The smallest absolute Gasteiger partial charge is 0.0536 e. The van der Waals surface area contributed by atoms with Crippen LogP contribution in [0.4, 0.5) is 0 Å². The summed E-state index contributed by atoms with van der Waals surface area (Å²) >= 11 is 0. The Kier molecular flexibility index (Phi) is 60.6. The van der Waals surface area contributed by atoms with Crippen LogP contribution in [0.1, 0.15) is 39.5 Å². The fraction of sp³-hybridized carbons (Fsp3) is 1.00. The van der Waals surface area contributed by atoms with Gasteiger partial charge >= 0.3 is 0 Å². The van der Waals surface area contributed by atoms with E-state index in [0.717, 1.165) is 0 Å². The van der Waals surface area contributed by atoms with Crippen molar-refractivity contribution in [3.05, 3.63) is 0 Å².